The van der Waals surface area contributed by atoms with Gasteiger partial charge in [-0.3, -0.25) is 9.59 Å². The molecule has 0 saturated heterocycles. The summed E-state index contributed by atoms with van der Waals surface area (Å²) < 4.78 is 0. The van der Waals surface area contributed by atoms with Crippen LogP contribution < -0.4 is 16.0 Å². The lowest BCUT2D eigenvalue weighted by atomic mass is 10.1. The van der Waals surface area contributed by atoms with Crippen LogP contribution in [0, 0.1) is 0 Å². The van der Waals surface area contributed by atoms with Gasteiger partial charge in [-0.15, -0.1) is 0 Å². The Morgan fingerprint density at radius 3 is 1.28 bits per heavy atom. The molecule has 0 aliphatic heterocycles. The molecular weight excluding hydrogens is 484 g/mol. The SMILES string of the molecule is CCCCCCCCCCC(C)NC(=O)CCN(CCNC)CCC(=O)NC(C)CCCCCCCCCC. The molecular formula is C33H68N4O2. The number of amides is 2. The maximum Gasteiger partial charge on any atom is 0.221 e. The summed E-state index contributed by atoms with van der Waals surface area (Å²) in [5.41, 5.74) is 0. The van der Waals surface area contributed by atoms with Crippen molar-refractivity contribution in [3.63, 3.8) is 0 Å². The normalized spacial score (nSPS) is 13.0. The van der Waals surface area contributed by atoms with Crippen LogP contribution in [0.3, 0.4) is 0 Å². The molecule has 0 rings (SSSR count). The summed E-state index contributed by atoms with van der Waals surface area (Å²) in [6, 6.07) is 0.466. The number of hydrogen-bond donors (Lipinski definition) is 3. The molecule has 0 aromatic rings. The molecule has 0 aliphatic rings. The van der Waals surface area contributed by atoms with E-state index in [9.17, 15) is 9.59 Å². The largest absolute Gasteiger partial charge is 0.354 e. The first-order valence-electron chi connectivity index (χ1n) is 16.9. The summed E-state index contributed by atoms with van der Waals surface area (Å²) in [5.74, 6) is 0.250. The summed E-state index contributed by atoms with van der Waals surface area (Å²) in [6.07, 6.45) is 24.1. The lowest BCUT2D eigenvalue weighted by Gasteiger charge is -2.23. The van der Waals surface area contributed by atoms with Crippen molar-refractivity contribution in [2.75, 3.05) is 33.2 Å². The Kier molecular flexibility index (Phi) is 27.6. The van der Waals surface area contributed by atoms with Gasteiger partial charge in [0.1, 0.15) is 0 Å². The zero-order valence-corrected chi connectivity index (χ0v) is 26.9. The zero-order valence-electron chi connectivity index (χ0n) is 26.9. The summed E-state index contributed by atoms with van der Waals surface area (Å²) >= 11 is 0. The molecule has 2 unspecified atom stereocenters. The molecule has 0 aliphatic carbocycles. The molecule has 0 aromatic carbocycles. The van der Waals surface area contributed by atoms with E-state index in [1.165, 1.54) is 103 Å². The molecule has 6 heteroatoms. The van der Waals surface area contributed by atoms with E-state index in [2.05, 4.69) is 48.5 Å². The average molecular weight is 553 g/mol. The van der Waals surface area contributed by atoms with Crippen molar-refractivity contribution in [2.45, 2.75) is 168 Å². The fourth-order valence-electron chi connectivity index (χ4n) is 5.13. The van der Waals surface area contributed by atoms with Crippen LogP contribution in [0.2, 0.25) is 0 Å². The third-order valence-electron chi connectivity index (χ3n) is 7.78. The predicted molar refractivity (Wildman–Crippen MR) is 169 cm³/mol. The highest BCUT2D eigenvalue weighted by molar-refractivity contribution is 5.77. The van der Waals surface area contributed by atoms with E-state index in [4.69, 9.17) is 0 Å². The van der Waals surface area contributed by atoms with E-state index in [1.807, 2.05) is 7.05 Å². The minimum absolute atomic E-state index is 0.125. The quantitative estimate of drug-likeness (QED) is 0.0848. The van der Waals surface area contributed by atoms with Crippen LogP contribution in [0.15, 0.2) is 0 Å². The molecule has 0 heterocycles. The Labute approximate surface area is 243 Å². The molecule has 0 bridgehead atoms. The number of unbranched alkanes of at least 4 members (excludes halogenated alkanes) is 14. The first kappa shape index (κ1) is 37.9. The highest BCUT2D eigenvalue weighted by Crippen LogP contribution is 2.12. The molecule has 0 spiro atoms. The van der Waals surface area contributed by atoms with Gasteiger partial charge in [-0.2, -0.15) is 0 Å². The molecule has 2 amide bonds. The van der Waals surface area contributed by atoms with Crippen LogP contribution in [-0.2, 0) is 9.59 Å². The van der Waals surface area contributed by atoms with E-state index >= 15 is 0 Å². The van der Waals surface area contributed by atoms with Crippen molar-refractivity contribution in [2.24, 2.45) is 0 Å². The molecule has 232 valence electrons. The van der Waals surface area contributed by atoms with E-state index in [-0.39, 0.29) is 23.9 Å². The fourth-order valence-corrected chi connectivity index (χ4v) is 5.13. The minimum Gasteiger partial charge on any atom is -0.354 e. The number of rotatable bonds is 29. The molecule has 0 aromatic heterocycles. The first-order valence-corrected chi connectivity index (χ1v) is 16.9. The fraction of sp³-hybridized carbons (Fsp3) is 0.939. The Hall–Kier alpha value is -1.14. The molecule has 0 saturated carbocycles. The van der Waals surface area contributed by atoms with Crippen LogP contribution in [0.4, 0.5) is 0 Å². The van der Waals surface area contributed by atoms with Gasteiger partial charge in [-0.1, -0.05) is 117 Å². The summed E-state index contributed by atoms with van der Waals surface area (Å²) in [5, 5.41) is 9.55. The standard InChI is InChI=1S/C33H68N4O2/c1-6-8-10-12-14-16-18-20-22-30(3)35-32(38)24-27-37(29-26-34-5)28-25-33(39)36-31(4)23-21-19-17-15-13-11-9-7-2/h30-31,34H,6-29H2,1-5H3,(H,35,38)(H,36,39). The van der Waals surface area contributed by atoms with E-state index < -0.39 is 0 Å². The predicted octanol–water partition coefficient (Wildman–Crippen LogP) is 7.36. The van der Waals surface area contributed by atoms with Gasteiger partial charge in [0.2, 0.25) is 11.8 Å². The third kappa shape index (κ3) is 26.8. The summed E-state index contributed by atoms with van der Waals surface area (Å²) in [6.45, 7) is 11.8. The lowest BCUT2D eigenvalue weighted by Crippen LogP contribution is -2.40. The van der Waals surface area contributed by atoms with Crippen molar-refractivity contribution < 1.29 is 9.59 Å². The number of hydrogen-bond acceptors (Lipinski definition) is 4. The van der Waals surface area contributed by atoms with Crippen LogP contribution in [0.5, 0.6) is 0 Å². The van der Waals surface area contributed by atoms with E-state index in [0.29, 0.717) is 25.9 Å². The molecule has 6 nitrogen and oxygen atoms in total. The maximum absolute atomic E-state index is 12.5. The van der Waals surface area contributed by atoms with Gasteiger partial charge in [0.15, 0.2) is 0 Å². The molecule has 0 fully saturated rings. The summed E-state index contributed by atoms with van der Waals surface area (Å²) in [4.78, 5) is 27.3. The number of carbonyl (C=O) groups excluding carboxylic acids is 2. The second-order valence-corrected chi connectivity index (χ2v) is 11.9. The van der Waals surface area contributed by atoms with Gasteiger partial charge in [0, 0.05) is 51.1 Å². The highest BCUT2D eigenvalue weighted by atomic mass is 16.2. The Morgan fingerprint density at radius 1 is 0.564 bits per heavy atom. The van der Waals surface area contributed by atoms with Gasteiger partial charge in [-0.25, -0.2) is 0 Å². The van der Waals surface area contributed by atoms with E-state index in [1.54, 1.807) is 0 Å². The second kappa shape index (κ2) is 28.4. The Bertz CT molecular complexity index is 514. The molecule has 39 heavy (non-hydrogen) atoms. The molecule has 0 radical (unpaired) electrons. The number of likely N-dealkylation sites (N-methyl/N-ethyl adjacent to an activating group) is 1. The zero-order chi connectivity index (χ0) is 29.0. The first-order chi connectivity index (χ1) is 18.9. The lowest BCUT2D eigenvalue weighted by molar-refractivity contribution is -0.122. The molecule has 3 N–H and O–H groups in total. The van der Waals surface area contributed by atoms with Crippen LogP contribution >= 0.6 is 0 Å². The van der Waals surface area contributed by atoms with Crippen molar-refractivity contribution in [3.05, 3.63) is 0 Å². The highest BCUT2D eigenvalue weighted by Gasteiger charge is 2.13. The van der Waals surface area contributed by atoms with Crippen molar-refractivity contribution in [1.82, 2.24) is 20.9 Å². The Morgan fingerprint density at radius 2 is 0.923 bits per heavy atom. The van der Waals surface area contributed by atoms with Gasteiger partial charge in [0.05, 0.1) is 0 Å². The minimum atomic E-state index is 0.125. The summed E-state index contributed by atoms with van der Waals surface area (Å²) in [7, 11) is 1.94. The van der Waals surface area contributed by atoms with Crippen molar-refractivity contribution in [1.29, 1.82) is 0 Å². The smallest absolute Gasteiger partial charge is 0.221 e. The monoisotopic (exact) mass is 553 g/mol. The number of nitrogens with zero attached hydrogens (tertiary/aromatic N) is 1. The maximum atomic E-state index is 12.5. The number of nitrogens with one attached hydrogen (secondary N) is 3. The van der Waals surface area contributed by atoms with Crippen molar-refractivity contribution in [3.8, 4) is 0 Å². The molecule has 2 atom stereocenters. The Balaban J connectivity index is 4.04. The average Bonchev–Trinajstić information content (AvgIpc) is 2.91. The van der Waals surface area contributed by atoms with Crippen LogP contribution in [-0.4, -0.2) is 62.0 Å². The topological polar surface area (TPSA) is 73.5 Å². The van der Waals surface area contributed by atoms with Gasteiger partial charge in [0.25, 0.3) is 0 Å². The van der Waals surface area contributed by atoms with E-state index in [0.717, 1.165) is 25.9 Å². The van der Waals surface area contributed by atoms with Crippen LogP contribution in [0.25, 0.3) is 0 Å². The van der Waals surface area contributed by atoms with Gasteiger partial charge >= 0.3 is 0 Å². The van der Waals surface area contributed by atoms with Gasteiger partial charge in [-0.05, 0) is 33.7 Å². The second-order valence-electron chi connectivity index (χ2n) is 11.9. The van der Waals surface area contributed by atoms with Crippen LogP contribution in [0.1, 0.15) is 156 Å². The number of carbonyl (C=O) groups is 2. The van der Waals surface area contributed by atoms with Gasteiger partial charge < -0.3 is 20.9 Å². The third-order valence-corrected chi connectivity index (χ3v) is 7.78. The van der Waals surface area contributed by atoms with Crippen molar-refractivity contribution >= 4 is 11.8 Å².